The van der Waals surface area contributed by atoms with Gasteiger partial charge in [-0.05, 0) is 41.5 Å². The maximum atomic E-state index is 12.1. The fourth-order valence-corrected chi connectivity index (χ4v) is 3.07. The molecule has 0 radical (unpaired) electrons. The second-order valence-corrected chi connectivity index (χ2v) is 8.78. The van der Waals surface area contributed by atoms with E-state index in [0.717, 1.165) is 17.0 Å². The largest absolute Gasteiger partial charge is 0.389 e. The monoisotopic (exact) mass is 288 g/mol. The lowest BCUT2D eigenvalue weighted by Crippen LogP contribution is -2.32. The average Bonchev–Trinajstić information content (AvgIpc) is 2.49. The Hall–Kier alpha value is -0.880. The van der Waals surface area contributed by atoms with Crippen LogP contribution in [0.2, 0.25) is 0 Å². The van der Waals surface area contributed by atoms with Crippen molar-refractivity contribution in [2.45, 2.75) is 58.9 Å². The van der Waals surface area contributed by atoms with Crippen LogP contribution in [0.5, 0.6) is 0 Å². The van der Waals surface area contributed by atoms with Gasteiger partial charge in [0.1, 0.15) is 0 Å². The summed E-state index contributed by atoms with van der Waals surface area (Å²) in [6.45, 7) is 10.8. The Balaban J connectivity index is 2.95. The third-order valence-corrected chi connectivity index (χ3v) is 5.95. The van der Waals surface area contributed by atoms with Crippen molar-refractivity contribution < 1.29 is 13.5 Å². The summed E-state index contributed by atoms with van der Waals surface area (Å²) in [4.78, 5) is 0. The summed E-state index contributed by atoms with van der Waals surface area (Å²) >= 11 is 0. The molecule has 1 atom stereocenters. The first-order valence-corrected chi connectivity index (χ1v) is 8.07. The minimum Gasteiger partial charge on any atom is -0.389 e. The molecule has 6 heteroatoms. The van der Waals surface area contributed by atoms with E-state index >= 15 is 0 Å². The van der Waals surface area contributed by atoms with E-state index in [1.807, 2.05) is 13.8 Å². The number of nitrogens with zero attached hydrogens (tertiary/aromatic N) is 2. The zero-order valence-corrected chi connectivity index (χ0v) is 13.4. The standard InChI is InChI=1S/C13H24N2O3S/c1-9-12(11(3)16)10(2)15(14-9)7-8-19(17,18)13(4,5)6/h11,16H,7-8H2,1-6H3. The van der Waals surface area contributed by atoms with Crippen molar-refractivity contribution in [3.05, 3.63) is 17.0 Å². The number of hydrogen-bond acceptors (Lipinski definition) is 4. The van der Waals surface area contributed by atoms with E-state index in [4.69, 9.17) is 0 Å². The van der Waals surface area contributed by atoms with E-state index in [1.54, 1.807) is 32.4 Å². The van der Waals surface area contributed by atoms with Gasteiger partial charge in [-0.3, -0.25) is 4.68 Å². The smallest absolute Gasteiger partial charge is 0.157 e. The number of aromatic nitrogens is 2. The summed E-state index contributed by atoms with van der Waals surface area (Å²) in [7, 11) is -3.16. The second-order valence-electron chi connectivity index (χ2n) is 5.91. The highest BCUT2D eigenvalue weighted by Crippen LogP contribution is 2.22. The molecule has 0 amide bonds. The van der Waals surface area contributed by atoms with Gasteiger partial charge in [-0.2, -0.15) is 5.10 Å². The predicted molar refractivity (Wildman–Crippen MR) is 75.9 cm³/mol. The molecule has 1 unspecified atom stereocenters. The first-order chi connectivity index (χ1) is 8.47. The molecule has 5 nitrogen and oxygen atoms in total. The normalized spacial score (nSPS) is 14.7. The van der Waals surface area contributed by atoms with E-state index in [-0.39, 0.29) is 5.75 Å². The van der Waals surface area contributed by atoms with Crippen molar-refractivity contribution in [3.63, 3.8) is 0 Å². The third kappa shape index (κ3) is 3.36. The van der Waals surface area contributed by atoms with Gasteiger partial charge >= 0.3 is 0 Å². The van der Waals surface area contributed by atoms with Crippen molar-refractivity contribution in [2.75, 3.05) is 5.75 Å². The number of sulfone groups is 1. The Morgan fingerprint density at radius 2 is 1.84 bits per heavy atom. The number of rotatable bonds is 4. The van der Waals surface area contributed by atoms with Gasteiger partial charge in [-0.15, -0.1) is 0 Å². The fourth-order valence-electron chi connectivity index (χ4n) is 2.05. The van der Waals surface area contributed by atoms with Crippen LogP contribution < -0.4 is 0 Å². The molecule has 110 valence electrons. The Morgan fingerprint density at radius 3 is 2.21 bits per heavy atom. The van der Waals surface area contributed by atoms with Crippen molar-refractivity contribution in [1.29, 1.82) is 0 Å². The summed E-state index contributed by atoms with van der Waals surface area (Å²) in [5, 5.41) is 14.0. The predicted octanol–water partition coefficient (Wildman–Crippen LogP) is 1.77. The van der Waals surface area contributed by atoms with Crippen molar-refractivity contribution in [3.8, 4) is 0 Å². The molecular formula is C13H24N2O3S. The maximum absolute atomic E-state index is 12.1. The highest BCUT2D eigenvalue weighted by Gasteiger charge is 2.29. The van der Waals surface area contributed by atoms with Crippen LogP contribution in [0.1, 0.15) is 50.8 Å². The Kier molecular flexibility index (Phi) is 4.47. The van der Waals surface area contributed by atoms with Crippen LogP contribution in [-0.2, 0) is 16.4 Å². The zero-order chi connectivity index (χ0) is 15.0. The van der Waals surface area contributed by atoms with Gasteiger partial charge in [-0.1, -0.05) is 0 Å². The minimum absolute atomic E-state index is 0.0533. The first kappa shape index (κ1) is 16.2. The van der Waals surface area contributed by atoms with Gasteiger partial charge in [0.05, 0.1) is 28.8 Å². The summed E-state index contributed by atoms with van der Waals surface area (Å²) in [5.74, 6) is 0.0533. The second kappa shape index (κ2) is 5.25. The number of aliphatic hydroxyl groups is 1. The van der Waals surface area contributed by atoms with Gasteiger partial charge < -0.3 is 5.11 Å². The molecule has 0 bridgehead atoms. The van der Waals surface area contributed by atoms with Crippen LogP contribution in [0, 0.1) is 13.8 Å². The van der Waals surface area contributed by atoms with Crippen LogP contribution in [0.15, 0.2) is 0 Å². The SMILES string of the molecule is Cc1nn(CCS(=O)(=O)C(C)(C)C)c(C)c1C(C)O. The molecule has 0 saturated carbocycles. The molecule has 19 heavy (non-hydrogen) atoms. The van der Waals surface area contributed by atoms with Crippen molar-refractivity contribution in [1.82, 2.24) is 9.78 Å². The Labute approximate surface area is 115 Å². The summed E-state index contributed by atoms with van der Waals surface area (Å²) in [5.41, 5.74) is 2.37. The van der Waals surface area contributed by atoms with E-state index in [0.29, 0.717) is 6.54 Å². The molecule has 0 aliphatic carbocycles. The zero-order valence-electron chi connectivity index (χ0n) is 12.6. The van der Waals surface area contributed by atoms with Crippen LogP contribution in [0.3, 0.4) is 0 Å². The number of hydrogen-bond donors (Lipinski definition) is 1. The third-order valence-electron chi connectivity index (χ3n) is 3.36. The summed E-state index contributed by atoms with van der Waals surface area (Å²) in [6.07, 6.45) is -0.590. The highest BCUT2D eigenvalue weighted by atomic mass is 32.2. The van der Waals surface area contributed by atoms with Gasteiger partial charge in [0.25, 0.3) is 0 Å². The number of aliphatic hydroxyl groups excluding tert-OH is 1. The Bertz CT molecular complexity index is 551. The van der Waals surface area contributed by atoms with Gasteiger partial charge in [0.15, 0.2) is 9.84 Å². The number of aryl methyl sites for hydroxylation is 2. The van der Waals surface area contributed by atoms with E-state index in [9.17, 15) is 13.5 Å². The van der Waals surface area contributed by atoms with Crippen molar-refractivity contribution in [2.24, 2.45) is 0 Å². The molecule has 0 aliphatic heterocycles. The molecule has 1 rings (SSSR count). The minimum atomic E-state index is -3.16. The molecule has 1 N–H and O–H groups in total. The summed E-state index contributed by atoms with van der Waals surface area (Å²) < 4.78 is 25.1. The topological polar surface area (TPSA) is 72.2 Å². The van der Waals surface area contributed by atoms with Gasteiger partial charge in [0.2, 0.25) is 0 Å². The molecule has 1 aromatic heterocycles. The van der Waals surface area contributed by atoms with Crippen LogP contribution >= 0.6 is 0 Å². The quantitative estimate of drug-likeness (QED) is 0.916. The lowest BCUT2D eigenvalue weighted by atomic mass is 10.1. The van der Waals surface area contributed by atoms with E-state index in [2.05, 4.69) is 5.10 Å². The highest BCUT2D eigenvalue weighted by molar-refractivity contribution is 7.92. The molecule has 0 saturated heterocycles. The van der Waals surface area contributed by atoms with Crippen LogP contribution in [-0.4, -0.2) is 33.8 Å². The van der Waals surface area contributed by atoms with Gasteiger partial charge in [0, 0.05) is 11.3 Å². The van der Waals surface area contributed by atoms with Crippen LogP contribution in [0.4, 0.5) is 0 Å². The fraction of sp³-hybridized carbons (Fsp3) is 0.769. The molecule has 0 aliphatic rings. The van der Waals surface area contributed by atoms with E-state index in [1.165, 1.54) is 0 Å². The maximum Gasteiger partial charge on any atom is 0.157 e. The van der Waals surface area contributed by atoms with Crippen molar-refractivity contribution >= 4 is 9.84 Å². The molecule has 1 heterocycles. The van der Waals surface area contributed by atoms with Gasteiger partial charge in [-0.25, -0.2) is 8.42 Å². The molecular weight excluding hydrogens is 264 g/mol. The lowest BCUT2D eigenvalue weighted by Gasteiger charge is -2.19. The lowest BCUT2D eigenvalue weighted by molar-refractivity contribution is 0.197. The molecule has 0 spiro atoms. The molecule has 0 fully saturated rings. The van der Waals surface area contributed by atoms with Crippen LogP contribution in [0.25, 0.3) is 0 Å². The first-order valence-electron chi connectivity index (χ1n) is 6.41. The molecule has 1 aromatic rings. The molecule has 0 aromatic carbocycles. The Morgan fingerprint density at radius 1 is 1.32 bits per heavy atom. The summed E-state index contributed by atoms with van der Waals surface area (Å²) in [6, 6.07) is 0. The average molecular weight is 288 g/mol. The van der Waals surface area contributed by atoms with E-state index < -0.39 is 20.7 Å².